The van der Waals surface area contributed by atoms with E-state index in [0.717, 1.165) is 40.0 Å². The van der Waals surface area contributed by atoms with Crippen LogP contribution in [0.2, 0.25) is 5.02 Å². The Hall–Kier alpha value is -3.21. The number of halogens is 1. The average Bonchev–Trinajstić information content (AvgIpc) is 3.38. The second kappa shape index (κ2) is 9.68. The van der Waals surface area contributed by atoms with Gasteiger partial charge in [0.1, 0.15) is 5.04 Å². The molecular formula is C25H25ClN6O3S. The van der Waals surface area contributed by atoms with Crippen LogP contribution in [0.1, 0.15) is 28.9 Å². The highest BCUT2D eigenvalue weighted by Gasteiger charge is 2.36. The van der Waals surface area contributed by atoms with E-state index in [2.05, 4.69) is 14.7 Å². The van der Waals surface area contributed by atoms with Crippen LogP contribution in [0.3, 0.4) is 0 Å². The number of carbonyl (C=O) groups is 2. The lowest BCUT2D eigenvalue weighted by molar-refractivity contribution is -0.133. The van der Waals surface area contributed by atoms with E-state index in [9.17, 15) is 9.59 Å². The Balaban J connectivity index is 1.41. The predicted molar refractivity (Wildman–Crippen MR) is 142 cm³/mol. The first kappa shape index (κ1) is 24.5. The summed E-state index contributed by atoms with van der Waals surface area (Å²) in [4.78, 5) is 31.4. The van der Waals surface area contributed by atoms with Crippen molar-refractivity contribution in [2.24, 2.45) is 10.1 Å². The lowest BCUT2D eigenvalue weighted by Gasteiger charge is -2.26. The normalized spacial score (nSPS) is 19.1. The highest BCUT2D eigenvalue weighted by Crippen LogP contribution is 2.32. The summed E-state index contributed by atoms with van der Waals surface area (Å²) >= 11 is 7.50. The molecule has 3 aliphatic heterocycles. The Labute approximate surface area is 218 Å². The fourth-order valence-electron chi connectivity index (χ4n) is 4.46. The maximum atomic E-state index is 12.9. The van der Waals surface area contributed by atoms with Gasteiger partial charge in [-0.05, 0) is 67.9 Å². The van der Waals surface area contributed by atoms with Gasteiger partial charge in [-0.1, -0.05) is 17.7 Å². The number of hydrogen-bond donors (Lipinski definition) is 1. The van der Waals surface area contributed by atoms with E-state index >= 15 is 0 Å². The van der Waals surface area contributed by atoms with Crippen molar-refractivity contribution < 1.29 is 14.3 Å². The van der Waals surface area contributed by atoms with E-state index in [1.165, 1.54) is 5.01 Å². The standard InChI is InChI=1S/C25H25ClN6O3S/c1-14-11-17(16(3)31(14)20-6-4-5-19(26)15(20)2)12-18-23(27)32-25(28-24(18)34)36-21(29-32)13-22(33)30-7-9-35-10-8-30/h4-6,11-12,27H,7-10,13H2,1-3H3/b18-12+,27-23?. The molecule has 4 heterocycles. The van der Waals surface area contributed by atoms with Gasteiger partial charge in [0.15, 0.2) is 5.84 Å². The number of morpholine rings is 1. The molecule has 2 aromatic rings. The van der Waals surface area contributed by atoms with E-state index in [4.69, 9.17) is 21.7 Å². The fourth-order valence-corrected chi connectivity index (χ4v) is 5.50. The van der Waals surface area contributed by atoms with Gasteiger partial charge in [-0.15, -0.1) is 0 Å². The maximum Gasteiger partial charge on any atom is 0.283 e. The molecule has 2 amide bonds. The van der Waals surface area contributed by atoms with Gasteiger partial charge in [-0.2, -0.15) is 15.1 Å². The van der Waals surface area contributed by atoms with Crippen molar-refractivity contribution in [3.63, 3.8) is 0 Å². The first-order valence-corrected chi connectivity index (χ1v) is 12.7. The van der Waals surface area contributed by atoms with E-state index < -0.39 is 5.91 Å². The van der Waals surface area contributed by atoms with Crippen molar-refractivity contribution >= 4 is 57.3 Å². The van der Waals surface area contributed by atoms with Crippen molar-refractivity contribution in [2.75, 3.05) is 26.3 Å². The number of benzene rings is 1. The van der Waals surface area contributed by atoms with Crippen molar-refractivity contribution in [1.82, 2.24) is 14.5 Å². The molecule has 0 unspecified atom stereocenters. The zero-order chi connectivity index (χ0) is 25.6. The highest BCUT2D eigenvalue weighted by atomic mass is 35.5. The molecule has 0 spiro atoms. The summed E-state index contributed by atoms with van der Waals surface area (Å²) in [6.45, 7) is 8.06. The lowest BCUT2D eigenvalue weighted by atomic mass is 10.1. The quantitative estimate of drug-likeness (QED) is 0.610. The number of hydrazone groups is 1. The van der Waals surface area contributed by atoms with Crippen molar-refractivity contribution in [1.29, 1.82) is 5.41 Å². The minimum absolute atomic E-state index is 0.0534. The third-order valence-electron chi connectivity index (χ3n) is 6.41. The molecule has 1 N–H and O–H groups in total. The number of hydrogen-bond acceptors (Lipinski definition) is 6. The van der Waals surface area contributed by atoms with Crippen LogP contribution in [0.15, 0.2) is 39.9 Å². The topological polar surface area (TPSA) is 103 Å². The third kappa shape index (κ3) is 4.40. The van der Waals surface area contributed by atoms with Crippen LogP contribution in [-0.2, 0) is 14.3 Å². The molecule has 0 bridgehead atoms. The van der Waals surface area contributed by atoms with Crippen LogP contribution in [0.4, 0.5) is 0 Å². The number of aryl methyl sites for hydroxylation is 1. The highest BCUT2D eigenvalue weighted by molar-refractivity contribution is 8.27. The zero-order valence-corrected chi connectivity index (χ0v) is 21.7. The summed E-state index contributed by atoms with van der Waals surface area (Å²) in [5.74, 6) is -0.615. The number of thioether (sulfide) groups is 1. The third-order valence-corrected chi connectivity index (χ3v) is 7.73. The number of aromatic nitrogens is 1. The van der Waals surface area contributed by atoms with Crippen molar-refractivity contribution in [3.05, 3.63) is 57.4 Å². The molecule has 36 heavy (non-hydrogen) atoms. The van der Waals surface area contributed by atoms with Crippen LogP contribution in [0.5, 0.6) is 0 Å². The number of amides is 2. The first-order chi connectivity index (χ1) is 17.2. The van der Waals surface area contributed by atoms with Crippen LogP contribution < -0.4 is 0 Å². The Morgan fingerprint density at radius 2 is 2.00 bits per heavy atom. The van der Waals surface area contributed by atoms with Crippen LogP contribution >= 0.6 is 23.4 Å². The molecule has 1 fully saturated rings. The molecule has 3 aliphatic rings. The minimum Gasteiger partial charge on any atom is -0.378 e. The Bertz CT molecular complexity index is 1390. The summed E-state index contributed by atoms with van der Waals surface area (Å²) in [5, 5.41) is 15.9. The van der Waals surface area contributed by atoms with Crippen molar-refractivity contribution in [2.45, 2.75) is 27.2 Å². The number of rotatable bonds is 4. The molecule has 9 nitrogen and oxygen atoms in total. The summed E-state index contributed by atoms with van der Waals surface area (Å²) in [6.07, 6.45) is 1.78. The number of nitrogens with zero attached hydrogens (tertiary/aromatic N) is 5. The fraction of sp³-hybridized carbons (Fsp3) is 0.320. The SMILES string of the molecule is Cc1c(Cl)cccc1-n1c(C)cc(/C=C2\C(=N)N3N=C(CC(=O)N4CCOCC4)SC3=NC2=O)c1C. The molecule has 5 rings (SSSR count). The van der Waals surface area contributed by atoms with E-state index in [1.54, 1.807) is 11.0 Å². The number of aliphatic imine (C=N–C) groups is 1. The molecule has 0 saturated carbocycles. The van der Waals surface area contributed by atoms with Gasteiger partial charge in [0.05, 0.1) is 25.2 Å². The largest absolute Gasteiger partial charge is 0.378 e. The van der Waals surface area contributed by atoms with Gasteiger partial charge in [0.2, 0.25) is 11.1 Å². The Morgan fingerprint density at radius 3 is 2.75 bits per heavy atom. The Kier molecular flexibility index (Phi) is 6.59. The second-order valence-corrected chi connectivity index (χ2v) is 10.2. The van der Waals surface area contributed by atoms with Gasteiger partial charge < -0.3 is 14.2 Å². The maximum absolute atomic E-state index is 12.9. The van der Waals surface area contributed by atoms with Gasteiger partial charge in [-0.3, -0.25) is 15.0 Å². The summed E-state index contributed by atoms with van der Waals surface area (Å²) in [7, 11) is 0. The molecule has 186 valence electrons. The number of amidine groups is 2. The number of ether oxygens (including phenoxy) is 1. The molecular weight excluding hydrogens is 500 g/mol. The molecule has 1 aromatic heterocycles. The van der Waals surface area contributed by atoms with Crippen molar-refractivity contribution in [3.8, 4) is 5.69 Å². The molecule has 0 atom stereocenters. The number of nitrogens with one attached hydrogen (secondary N) is 1. The summed E-state index contributed by atoms with van der Waals surface area (Å²) in [6, 6.07) is 7.73. The van der Waals surface area contributed by atoms with E-state index in [0.29, 0.717) is 41.5 Å². The first-order valence-electron chi connectivity index (χ1n) is 11.5. The van der Waals surface area contributed by atoms with Crippen LogP contribution in [-0.4, -0.2) is 68.6 Å². The molecule has 0 aliphatic carbocycles. The zero-order valence-electron chi connectivity index (χ0n) is 20.2. The molecule has 0 radical (unpaired) electrons. The molecule has 1 aromatic carbocycles. The van der Waals surface area contributed by atoms with Gasteiger partial charge in [-0.25, -0.2) is 0 Å². The van der Waals surface area contributed by atoms with Gasteiger partial charge in [0, 0.05) is 35.2 Å². The molecule has 11 heteroatoms. The molecule has 1 saturated heterocycles. The monoisotopic (exact) mass is 524 g/mol. The number of carbonyl (C=O) groups excluding carboxylic acids is 2. The van der Waals surface area contributed by atoms with Gasteiger partial charge in [0.25, 0.3) is 5.91 Å². The van der Waals surface area contributed by atoms with Gasteiger partial charge >= 0.3 is 0 Å². The smallest absolute Gasteiger partial charge is 0.283 e. The number of fused-ring (bicyclic) bond motifs is 1. The van der Waals surface area contributed by atoms with E-state index in [-0.39, 0.29) is 23.7 Å². The van der Waals surface area contributed by atoms with Crippen LogP contribution in [0.25, 0.3) is 11.8 Å². The summed E-state index contributed by atoms with van der Waals surface area (Å²) in [5.41, 5.74) is 4.75. The predicted octanol–water partition coefficient (Wildman–Crippen LogP) is 3.92. The average molecular weight is 525 g/mol. The lowest BCUT2D eigenvalue weighted by Crippen LogP contribution is -2.41. The van der Waals surface area contributed by atoms with Crippen LogP contribution in [0, 0.1) is 26.2 Å². The Morgan fingerprint density at radius 1 is 1.25 bits per heavy atom. The second-order valence-electron chi connectivity index (χ2n) is 8.73. The minimum atomic E-state index is -0.501. The van der Waals surface area contributed by atoms with E-state index in [1.807, 2.05) is 45.0 Å². The summed E-state index contributed by atoms with van der Waals surface area (Å²) < 4.78 is 7.38.